The van der Waals surface area contributed by atoms with E-state index in [2.05, 4.69) is 5.32 Å². The zero-order chi connectivity index (χ0) is 20.7. The van der Waals surface area contributed by atoms with Gasteiger partial charge in [0.05, 0.1) is 30.4 Å². The van der Waals surface area contributed by atoms with Crippen molar-refractivity contribution < 1.29 is 28.7 Å². The number of amides is 1. The van der Waals surface area contributed by atoms with E-state index in [1.807, 2.05) is 0 Å². The molecule has 0 saturated heterocycles. The maximum Gasteiger partial charge on any atom is 0.342 e. The van der Waals surface area contributed by atoms with Crippen molar-refractivity contribution in [2.24, 2.45) is 0 Å². The van der Waals surface area contributed by atoms with Gasteiger partial charge in [-0.05, 0) is 32.0 Å². The van der Waals surface area contributed by atoms with E-state index >= 15 is 0 Å². The van der Waals surface area contributed by atoms with Crippen LogP contribution in [-0.2, 0) is 9.53 Å². The van der Waals surface area contributed by atoms with Crippen LogP contribution >= 0.6 is 0 Å². The summed E-state index contributed by atoms with van der Waals surface area (Å²) >= 11 is 0. The van der Waals surface area contributed by atoms with E-state index in [4.69, 9.17) is 14.2 Å². The molecule has 0 aliphatic carbocycles. The third-order valence-electron chi connectivity index (χ3n) is 3.71. The molecular formula is C19H20N2O7. The molecule has 0 bridgehead atoms. The lowest BCUT2D eigenvalue weighted by Crippen LogP contribution is -2.30. The van der Waals surface area contributed by atoms with Gasteiger partial charge in [0.2, 0.25) is 0 Å². The molecule has 9 heteroatoms. The Labute approximate surface area is 161 Å². The van der Waals surface area contributed by atoms with Crippen LogP contribution in [0, 0.1) is 10.1 Å². The van der Waals surface area contributed by atoms with E-state index in [-0.39, 0.29) is 22.7 Å². The van der Waals surface area contributed by atoms with Crippen LogP contribution in [0.25, 0.3) is 0 Å². The summed E-state index contributed by atoms with van der Waals surface area (Å²) in [6.45, 7) is 3.57. The van der Waals surface area contributed by atoms with E-state index in [0.717, 1.165) is 0 Å². The number of non-ortho nitro benzene ring substituents is 1. The summed E-state index contributed by atoms with van der Waals surface area (Å²) in [6, 6.07) is 10.3. The van der Waals surface area contributed by atoms with Crippen molar-refractivity contribution in [1.29, 1.82) is 0 Å². The number of hydrogen-bond acceptors (Lipinski definition) is 7. The first-order valence-corrected chi connectivity index (χ1v) is 8.43. The number of esters is 1. The molecular weight excluding hydrogens is 368 g/mol. The molecule has 28 heavy (non-hydrogen) atoms. The number of ether oxygens (including phenoxy) is 3. The van der Waals surface area contributed by atoms with Gasteiger partial charge < -0.3 is 19.5 Å². The Balaban J connectivity index is 2.09. The number of nitrogens with one attached hydrogen (secondary N) is 1. The van der Waals surface area contributed by atoms with Gasteiger partial charge in [-0.2, -0.15) is 0 Å². The first-order valence-electron chi connectivity index (χ1n) is 8.43. The van der Waals surface area contributed by atoms with Crippen molar-refractivity contribution in [3.05, 3.63) is 58.1 Å². The van der Waals surface area contributed by atoms with Gasteiger partial charge in [0.15, 0.2) is 6.10 Å². The van der Waals surface area contributed by atoms with Crippen molar-refractivity contribution in [2.45, 2.75) is 20.0 Å². The molecule has 0 radical (unpaired) electrons. The largest absolute Gasteiger partial charge is 0.494 e. The molecule has 1 atom stereocenters. The highest BCUT2D eigenvalue weighted by Gasteiger charge is 2.23. The fraction of sp³-hybridized carbons (Fsp3) is 0.263. The van der Waals surface area contributed by atoms with Crippen LogP contribution in [-0.4, -0.2) is 36.6 Å². The van der Waals surface area contributed by atoms with Crippen molar-refractivity contribution in [3.8, 4) is 11.5 Å². The van der Waals surface area contributed by atoms with Crippen LogP contribution in [0.4, 0.5) is 11.4 Å². The number of carbonyl (C=O) groups is 2. The molecule has 0 heterocycles. The number of anilines is 1. The molecule has 0 aliphatic heterocycles. The first-order chi connectivity index (χ1) is 13.4. The molecule has 148 valence electrons. The first kappa shape index (κ1) is 20.7. The predicted molar refractivity (Wildman–Crippen MR) is 101 cm³/mol. The lowest BCUT2D eigenvalue weighted by molar-refractivity contribution is -0.384. The standard InChI is InChI=1S/C19H20N2O7/c1-4-27-16-8-6-5-7-14(16)19(23)28-12(2)18(22)20-15-10-9-13(21(24)25)11-17(15)26-3/h5-12H,4H2,1-3H3,(H,20,22)/t12-/m1/s1. The molecule has 2 aromatic carbocycles. The maximum absolute atomic E-state index is 12.4. The summed E-state index contributed by atoms with van der Waals surface area (Å²) in [4.78, 5) is 35.0. The lowest BCUT2D eigenvalue weighted by atomic mass is 10.2. The number of carbonyl (C=O) groups excluding carboxylic acids is 2. The number of hydrogen-bond donors (Lipinski definition) is 1. The molecule has 2 rings (SSSR count). The van der Waals surface area contributed by atoms with E-state index < -0.39 is 22.9 Å². The zero-order valence-corrected chi connectivity index (χ0v) is 15.6. The van der Waals surface area contributed by atoms with Crippen molar-refractivity contribution >= 4 is 23.3 Å². The predicted octanol–water partition coefficient (Wildman–Crippen LogP) is 3.19. The molecule has 0 fully saturated rings. The quantitative estimate of drug-likeness (QED) is 0.419. The molecule has 0 aromatic heterocycles. The smallest absolute Gasteiger partial charge is 0.342 e. The Bertz CT molecular complexity index is 882. The van der Waals surface area contributed by atoms with Crippen molar-refractivity contribution in [2.75, 3.05) is 19.0 Å². The second-order valence-electron chi connectivity index (χ2n) is 5.61. The minimum Gasteiger partial charge on any atom is -0.494 e. The van der Waals surface area contributed by atoms with Crippen molar-refractivity contribution in [3.63, 3.8) is 0 Å². The number of methoxy groups -OCH3 is 1. The van der Waals surface area contributed by atoms with Crippen LogP contribution in [0.2, 0.25) is 0 Å². The Kier molecular flexibility index (Phi) is 6.91. The Morgan fingerprint density at radius 2 is 1.89 bits per heavy atom. The van der Waals surface area contributed by atoms with Crippen LogP contribution < -0.4 is 14.8 Å². The number of nitrogens with zero attached hydrogens (tertiary/aromatic N) is 1. The summed E-state index contributed by atoms with van der Waals surface area (Å²) in [6.07, 6.45) is -1.12. The minimum absolute atomic E-state index is 0.114. The highest BCUT2D eigenvalue weighted by Crippen LogP contribution is 2.29. The number of para-hydroxylation sites is 1. The highest BCUT2D eigenvalue weighted by molar-refractivity contribution is 5.99. The summed E-state index contributed by atoms with van der Waals surface area (Å²) in [5.41, 5.74) is 0.245. The van der Waals surface area contributed by atoms with Crippen LogP contribution in [0.5, 0.6) is 11.5 Å². The average Bonchev–Trinajstić information content (AvgIpc) is 2.68. The third-order valence-corrected chi connectivity index (χ3v) is 3.71. The van der Waals surface area contributed by atoms with Gasteiger partial charge in [-0.15, -0.1) is 0 Å². The fourth-order valence-electron chi connectivity index (χ4n) is 2.33. The van der Waals surface area contributed by atoms with Crippen LogP contribution in [0.3, 0.4) is 0 Å². The van der Waals surface area contributed by atoms with Gasteiger partial charge >= 0.3 is 5.97 Å². The average molecular weight is 388 g/mol. The highest BCUT2D eigenvalue weighted by atomic mass is 16.6. The van der Waals surface area contributed by atoms with Gasteiger partial charge in [0.1, 0.15) is 17.1 Å². The van der Waals surface area contributed by atoms with E-state index in [1.54, 1.807) is 25.1 Å². The van der Waals surface area contributed by atoms with Crippen LogP contribution in [0.15, 0.2) is 42.5 Å². The molecule has 0 saturated carbocycles. The van der Waals surface area contributed by atoms with Gasteiger partial charge in [-0.1, -0.05) is 12.1 Å². The van der Waals surface area contributed by atoms with Crippen molar-refractivity contribution in [1.82, 2.24) is 0 Å². The monoisotopic (exact) mass is 388 g/mol. The summed E-state index contributed by atoms with van der Waals surface area (Å²) in [5.74, 6) is -0.848. The number of benzene rings is 2. The normalized spacial score (nSPS) is 11.2. The Hall–Kier alpha value is -3.62. The molecule has 0 aliphatic rings. The molecule has 1 N–H and O–H groups in total. The second-order valence-corrected chi connectivity index (χ2v) is 5.61. The minimum atomic E-state index is -1.12. The fourth-order valence-corrected chi connectivity index (χ4v) is 2.33. The third kappa shape index (κ3) is 4.97. The Morgan fingerprint density at radius 3 is 2.54 bits per heavy atom. The molecule has 2 aromatic rings. The SMILES string of the molecule is CCOc1ccccc1C(=O)O[C@H](C)C(=O)Nc1ccc([N+](=O)[O-])cc1OC. The maximum atomic E-state index is 12.4. The van der Waals surface area contributed by atoms with E-state index in [1.165, 1.54) is 38.3 Å². The number of nitro groups is 1. The molecule has 1 amide bonds. The number of nitro benzene ring substituents is 1. The lowest BCUT2D eigenvalue weighted by Gasteiger charge is -2.16. The molecule has 0 unspecified atom stereocenters. The molecule has 9 nitrogen and oxygen atoms in total. The van der Waals surface area contributed by atoms with Gasteiger partial charge in [-0.3, -0.25) is 14.9 Å². The Morgan fingerprint density at radius 1 is 1.18 bits per heavy atom. The topological polar surface area (TPSA) is 117 Å². The van der Waals surface area contributed by atoms with E-state index in [9.17, 15) is 19.7 Å². The summed E-state index contributed by atoms with van der Waals surface area (Å²) in [7, 11) is 1.32. The number of rotatable bonds is 8. The second kappa shape index (κ2) is 9.36. The van der Waals surface area contributed by atoms with Crippen LogP contribution in [0.1, 0.15) is 24.2 Å². The summed E-state index contributed by atoms with van der Waals surface area (Å²) in [5, 5.41) is 13.4. The van der Waals surface area contributed by atoms with Gasteiger partial charge in [0.25, 0.3) is 11.6 Å². The molecule has 0 spiro atoms. The van der Waals surface area contributed by atoms with Gasteiger partial charge in [0, 0.05) is 6.07 Å². The summed E-state index contributed by atoms with van der Waals surface area (Å²) < 4.78 is 15.7. The van der Waals surface area contributed by atoms with Gasteiger partial charge in [-0.25, -0.2) is 4.79 Å². The zero-order valence-electron chi connectivity index (χ0n) is 15.6. The van der Waals surface area contributed by atoms with E-state index in [0.29, 0.717) is 12.4 Å².